The molecule has 0 saturated carbocycles. The Morgan fingerprint density at radius 3 is 2.68 bits per heavy atom. The highest BCUT2D eigenvalue weighted by Gasteiger charge is 2.26. The zero-order valence-electron chi connectivity index (χ0n) is 13.1. The molecule has 1 aliphatic rings. The lowest BCUT2D eigenvalue weighted by Crippen LogP contribution is -2.40. The van der Waals surface area contributed by atoms with E-state index in [9.17, 15) is 9.59 Å². The number of carbonyl (C=O) groups excluding carboxylic acids is 1. The molecule has 0 radical (unpaired) electrons. The molecule has 22 heavy (non-hydrogen) atoms. The fourth-order valence-corrected chi connectivity index (χ4v) is 2.44. The maximum absolute atomic E-state index is 12.1. The van der Waals surface area contributed by atoms with Crippen molar-refractivity contribution in [1.82, 2.24) is 4.90 Å². The first-order valence-corrected chi connectivity index (χ1v) is 7.26. The first-order valence-electron chi connectivity index (χ1n) is 7.26. The van der Waals surface area contributed by atoms with Gasteiger partial charge in [-0.15, -0.1) is 0 Å². The summed E-state index contributed by atoms with van der Waals surface area (Å²) in [7, 11) is 0. The number of carboxylic acid groups (broad SMARTS) is 1. The van der Waals surface area contributed by atoms with Crippen LogP contribution in [-0.4, -0.2) is 34.2 Å². The van der Waals surface area contributed by atoms with Crippen LogP contribution in [0.2, 0.25) is 0 Å². The maximum atomic E-state index is 12.1. The van der Waals surface area contributed by atoms with Gasteiger partial charge in [-0.3, -0.25) is 0 Å². The monoisotopic (exact) mass is 303 g/mol. The Bertz CT molecular complexity index is 614. The molecule has 0 saturated heterocycles. The molecule has 0 atom stereocenters. The van der Waals surface area contributed by atoms with Gasteiger partial charge < -0.3 is 14.7 Å². The molecule has 1 amide bonds. The third-order valence-corrected chi connectivity index (χ3v) is 3.36. The molecule has 0 bridgehead atoms. The molecule has 0 aromatic heterocycles. The lowest BCUT2D eigenvalue weighted by atomic mass is 9.94. The van der Waals surface area contributed by atoms with Gasteiger partial charge in [0.1, 0.15) is 5.60 Å². The summed E-state index contributed by atoms with van der Waals surface area (Å²) in [4.78, 5) is 24.5. The van der Waals surface area contributed by atoms with Crippen molar-refractivity contribution in [3.63, 3.8) is 0 Å². The largest absolute Gasteiger partial charge is 0.478 e. The van der Waals surface area contributed by atoms with Gasteiger partial charge in [-0.1, -0.05) is 18.2 Å². The number of nitrogens with zero attached hydrogens (tertiary/aromatic N) is 1. The number of aliphatic carboxylic acids is 1. The van der Waals surface area contributed by atoms with E-state index in [2.05, 4.69) is 0 Å². The third kappa shape index (κ3) is 4.10. The highest BCUT2D eigenvalue weighted by molar-refractivity contribution is 5.85. The van der Waals surface area contributed by atoms with Gasteiger partial charge in [0.15, 0.2) is 0 Å². The van der Waals surface area contributed by atoms with E-state index in [-0.39, 0.29) is 6.09 Å². The van der Waals surface area contributed by atoms with Crippen molar-refractivity contribution in [2.24, 2.45) is 0 Å². The minimum atomic E-state index is -0.969. The molecule has 0 unspecified atom stereocenters. The molecule has 5 heteroatoms. The highest BCUT2D eigenvalue weighted by Crippen LogP contribution is 2.24. The van der Waals surface area contributed by atoms with Gasteiger partial charge in [0.25, 0.3) is 0 Å². The molecular formula is C17H21NO4. The minimum absolute atomic E-state index is 0.315. The Morgan fingerprint density at radius 2 is 2.05 bits per heavy atom. The number of hydrogen-bond donors (Lipinski definition) is 1. The quantitative estimate of drug-likeness (QED) is 0.853. The fraction of sp³-hybridized carbons (Fsp3) is 0.412. The Kier molecular flexibility index (Phi) is 4.54. The van der Waals surface area contributed by atoms with Gasteiger partial charge in [0, 0.05) is 19.2 Å². The molecule has 1 aromatic carbocycles. The van der Waals surface area contributed by atoms with Gasteiger partial charge in [0.2, 0.25) is 0 Å². The number of rotatable bonds is 2. The third-order valence-electron chi connectivity index (χ3n) is 3.36. The Morgan fingerprint density at radius 1 is 1.32 bits per heavy atom. The second kappa shape index (κ2) is 6.22. The second-order valence-corrected chi connectivity index (χ2v) is 6.31. The molecule has 2 rings (SSSR count). The van der Waals surface area contributed by atoms with Gasteiger partial charge in [-0.25, -0.2) is 9.59 Å². The van der Waals surface area contributed by atoms with Crippen molar-refractivity contribution < 1.29 is 19.4 Å². The SMILES string of the molecule is CC(C)(C)OC(=O)N1CCc2c(C=CC(=O)O)cccc2C1. The van der Waals surface area contributed by atoms with Gasteiger partial charge in [-0.05, 0) is 50.0 Å². The Hall–Kier alpha value is -2.30. The molecule has 0 aliphatic carbocycles. The van der Waals surface area contributed by atoms with Crippen LogP contribution in [0.25, 0.3) is 6.08 Å². The van der Waals surface area contributed by atoms with Crippen LogP contribution < -0.4 is 0 Å². The molecule has 5 nitrogen and oxygen atoms in total. The van der Waals surface area contributed by atoms with Crippen molar-refractivity contribution in [3.05, 3.63) is 41.0 Å². The average molecular weight is 303 g/mol. The minimum Gasteiger partial charge on any atom is -0.478 e. The maximum Gasteiger partial charge on any atom is 0.410 e. The van der Waals surface area contributed by atoms with Crippen LogP contribution in [0.15, 0.2) is 24.3 Å². The lowest BCUT2D eigenvalue weighted by molar-refractivity contribution is -0.131. The summed E-state index contributed by atoms with van der Waals surface area (Å²) in [5.74, 6) is -0.969. The molecule has 1 aromatic rings. The summed E-state index contributed by atoms with van der Waals surface area (Å²) in [6, 6.07) is 5.73. The van der Waals surface area contributed by atoms with Crippen molar-refractivity contribution in [1.29, 1.82) is 0 Å². The van der Waals surface area contributed by atoms with Crippen molar-refractivity contribution in [3.8, 4) is 0 Å². The van der Waals surface area contributed by atoms with Crippen molar-refractivity contribution in [2.75, 3.05) is 6.54 Å². The van der Waals surface area contributed by atoms with Crippen molar-refractivity contribution in [2.45, 2.75) is 39.3 Å². The lowest BCUT2D eigenvalue weighted by Gasteiger charge is -2.31. The molecule has 118 valence electrons. The highest BCUT2D eigenvalue weighted by atomic mass is 16.6. The number of amides is 1. The van der Waals surface area contributed by atoms with E-state index < -0.39 is 11.6 Å². The number of carbonyl (C=O) groups is 2. The van der Waals surface area contributed by atoms with E-state index in [0.717, 1.165) is 22.8 Å². The molecule has 1 heterocycles. The van der Waals surface area contributed by atoms with Gasteiger partial charge in [0.05, 0.1) is 0 Å². The standard InChI is InChI=1S/C17H21NO4/c1-17(2,3)22-16(21)18-10-9-14-12(7-8-15(19)20)5-4-6-13(14)11-18/h4-8H,9-11H2,1-3H3,(H,19,20). The molecule has 1 aliphatic heterocycles. The predicted octanol–water partition coefficient (Wildman–Crippen LogP) is 3.08. The van der Waals surface area contributed by atoms with E-state index in [0.29, 0.717) is 19.5 Å². The summed E-state index contributed by atoms with van der Waals surface area (Å²) in [5, 5.41) is 8.75. The number of hydrogen-bond acceptors (Lipinski definition) is 3. The summed E-state index contributed by atoms with van der Waals surface area (Å²) in [6.45, 7) is 6.59. The normalized spacial score (nSPS) is 14.8. The zero-order valence-corrected chi connectivity index (χ0v) is 13.1. The smallest absolute Gasteiger partial charge is 0.410 e. The van der Waals surface area contributed by atoms with Crippen LogP contribution >= 0.6 is 0 Å². The summed E-state index contributed by atoms with van der Waals surface area (Å²) in [6.07, 6.45) is 3.11. The van der Waals surface area contributed by atoms with E-state index in [1.807, 2.05) is 39.0 Å². The van der Waals surface area contributed by atoms with Crippen LogP contribution in [0.4, 0.5) is 4.79 Å². The van der Waals surface area contributed by atoms with Crippen LogP contribution in [0.3, 0.4) is 0 Å². The summed E-state index contributed by atoms with van der Waals surface area (Å²) >= 11 is 0. The van der Waals surface area contributed by atoms with Crippen LogP contribution in [0.1, 0.15) is 37.5 Å². The summed E-state index contributed by atoms with van der Waals surface area (Å²) < 4.78 is 5.40. The van der Waals surface area contributed by atoms with E-state index in [1.54, 1.807) is 11.0 Å². The van der Waals surface area contributed by atoms with E-state index in [4.69, 9.17) is 9.84 Å². The van der Waals surface area contributed by atoms with Crippen LogP contribution in [0, 0.1) is 0 Å². The Labute approximate surface area is 130 Å². The first-order chi connectivity index (χ1) is 10.3. The molecule has 1 N–H and O–H groups in total. The zero-order chi connectivity index (χ0) is 16.3. The van der Waals surface area contributed by atoms with E-state index >= 15 is 0 Å². The van der Waals surface area contributed by atoms with Crippen molar-refractivity contribution >= 4 is 18.1 Å². The molecular weight excluding hydrogens is 282 g/mol. The van der Waals surface area contributed by atoms with Crippen LogP contribution in [-0.2, 0) is 22.5 Å². The first kappa shape index (κ1) is 16.1. The predicted molar refractivity (Wildman–Crippen MR) is 83.5 cm³/mol. The topological polar surface area (TPSA) is 66.8 Å². The number of carboxylic acids is 1. The Balaban J connectivity index is 2.16. The summed E-state index contributed by atoms with van der Waals surface area (Å²) in [5.41, 5.74) is 2.51. The number of fused-ring (bicyclic) bond motifs is 1. The number of ether oxygens (including phenoxy) is 1. The van der Waals surface area contributed by atoms with Crippen LogP contribution in [0.5, 0.6) is 0 Å². The molecule has 0 fully saturated rings. The average Bonchev–Trinajstić information content (AvgIpc) is 2.42. The van der Waals surface area contributed by atoms with E-state index in [1.165, 1.54) is 0 Å². The van der Waals surface area contributed by atoms with Gasteiger partial charge >= 0.3 is 12.1 Å². The fourth-order valence-electron chi connectivity index (χ4n) is 2.44. The second-order valence-electron chi connectivity index (χ2n) is 6.31. The van der Waals surface area contributed by atoms with Gasteiger partial charge in [-0.2, -0.15) is 0 Å². The number of benzene rings is 1. The molecule has 0 spiro atoms.